The topological polar surface area (TPSA) is 0 Å². The summed E-state index contributed by atoms with van der Waals surface area (Å²) < 4.78 is 0. The van der Waals surface area contributed by atoms with Crippen LogP contribution in [-0.4, -0.2) is 9.52 Å². The van der Waals surface area contributed by atoms with Crippen LogP contribution in [0.5, 0.6) is 0 Å². The van der Waals surface area contributed by atoms with Crippen LogP contribution in [0.1, 0.15) is 75.3 Å². The number of fused-ring (bicyclic) bond motifs is 3. The predicted molar refractivity (Wildman–Crippen MR) is 131 cm³/mol. The van der Waals surface area contributed by atoms with E-state index in [1.165, 1.54) is 38.9 Å². The van der Waals surface area contributed by atoms with Crippen LogP contribution in [0, 0.1) is 6.07 Å². The first kappa shape index (κ1) is 25.3. The van der Waals surface area contributed by atoms with E-state index >= 15 is 0 Å². The summed E-state index contributed by atoms with van der Waals surface area (Å²) in [7, 11) is 0.750. The van der Waals surface area contributed by atoms with E-state index in [0.29, 0.717) is 5.92 Å². The largest absolute Gasteiger partial charge is 0.175 e. The summed E-state index contributed by atoms with van der Waals surface area (Å²) >= 11 is 0. The molecule has 0 aliphatic heterocycles. The standard InChI is InChI=1S/C26H29.C2H7Si.Zr/c1-25(2,3)20-11-12-21-18(14-20)13-19-15-24(26(4,5)6)23(16-22(19)21)17-9-7-8-10-17;1-3-2;/h7-12,14,16-17H,13H2,1-6H3;3H,1-2H3;/q-1;;. The van der Waals surface area contributed by atoms with E-state index in [9.17, 15) is 0 Å². The van der Waals surface area contributed by atoms with E-state index in [1.807, 2.05) is 0 Å². The normalized spacial score (nSPS) is 14.7. The minimum absolute atomic E-state index is 0. The molecule has 2 aromatic rings. The van der Waals surface area contributed by atoms with Crippen molar-refractivity contribution < 1.29 is 26.2 Å². The van der Waals surface area contributed by atoms with E-state index in [1.54, 1.807) is 0 Å². The first-order chi connectivity index (χ1) is 13.6. The number of hydrogen-bond acceptors (Lipinski definition) is 0. The van der Waals surface area contributed by atoms with Crippen molar-refractivity contribution in [3.8, 4) is 11.1 Å². The van der Waals surface area contributed by atoms with Crippen LogP contribution in [-0.2, 0) is 43.5 Å². The Morgan fingerprint density at radius 2 is 1.47 bits per heavy atom. The molecule has 0 aromatic heterocycles. The second kappa shape index (κ2) is 9.66. The maximum Gasteiger partial charge on any atom is 0.0213 e. The molecule has 0 atom stereocenters. The van der Waals surface area contributed by atoms with Gasteiger partial charge in [-0.2, -0.15) is 17.7 Å². The molecule has 2 aliphatic carbocycles. The maximum atomic E-state index is 3.85. The van der Waals surface area contributed by atoms with Gasteiger partial charge in [0.1, 0.15) is 0 Å². The molecule has 0 nitrogen and oxygen atoms in total. The Hall–Kier alpha value is -0.980. The fraction of sp³-hybridized carbons (Fsp3) is 0.429. The van der Waals surface area contributed by atoms with Crippen molar-refractivity contribution in [3.05, 3.63) is 82.5 Å². The molecular weight excluding hydrogens is 456 g/mol. The van der Waals surface area contributed by atoms with Gasteiger partial charge in [0.15, 0.2) is 0 Å². The third kappa shape index (κ3) is 5.25. The number of hydrogen-bond donors (Lipinski definition) is 0. The average molecular weight is 492 g/mol. The number of rotatable bonds is 1. The van der Waals surface area contributed by atoms with Crippen LogP contribution in [0.15, 0.2) is 48.6 Å². The molecule has 0 saturated carbocycles. The van der Waals surface area contributed by atoms with Gasteiger partial charge in [-0.25, -0.2) is 0 Å². The fourth-order valence-corrected chi connectivity index (χ4v) is 4.17. The smallest absolute Gasteiger partial charge is 0.0213 e. The van der Waals surface area contributed by atoms with E-state index in [0.717, 1.165) is 15.9 Å². The van der Waals surface area contributed by atoms with Gasteiger partial charge in [-0.3, -0.25) is 0 Å². The predicted octanol–water partition coefficient (Wildman–Crippen LogP) is 7.38. The minimum Gasteiger partial charge on any atom is -0.175 e. The van der Waals surface area contributed by atoms with Crippen molar-refractivity contribution in [2.24, 2.45) is 0 Å². The summed E-state index contributed by atoms with van der Waals surface area (Å²) in [5.74, 6) is 0.378. The van der Waals surface area contributed by atoms with Gasteiger partial charge in [-0.05, 0) is 34.3 Å². The Labute approximate surface area is 206 Å². The van der Waals surface area contributed by atoms with Gasteiger partial charge in [0, 0.05) is 35.7 Å². The van der Waals surface area contributed by atoms with Gasteiger partial charge in [-0.1, -0.05) is 103 Å². The van der Waals surface area contributed by atoms with Gasteiger partial charge in [0.25, 0.3) is 0 Å². The second-order valence-corrected chi connectivity index (χ2v) is 11.6. The first-order valence-electron chi connectivity index (χ1n) is 10.9. The van der Waals surface area contributed by atoms with Crippen molar-refractivity contribution in [3.63, 3.8) is 0 Å². The Bertz CT molecular complexity index is 940. The van der Waals surface area contributed by atoms with Crippen molar-refractivity contribution in [2.75, 3.05) is 0 Å². The van der Waals surface area contributed by atoms with Gasteiger partial charge >= 0.3 is 0 Å². The molecule has 157 valence electrons. The molecule has 2 aliphatic rings. The van der Waals surface area contributed by atoms with Crippen molar-refractivity contribution in [1.29, 1.82) is 0 Å². The van der Waals surface area contributed by atoms with Gasteiger partial charge in [0.05, 0.1) is 0 Å². The van der Waals surface area contributed by atoms with Crippen LogP contribution >= 0.6 is 0 Å². The van der Waals surface area contributed by atoms with Crippen LogP contribution in [0.2, 0.25) is 13.1 Å². The molecule has 1 radical (unpaired) electrons. The molecule has 4 rings (SSSR count). The van der Waals surface area contributed by atoms with E-state index in [-0.39, 0.29) is 37.0 Å². The quantitative estimate of drug-likeness (QED) is 0.246. The summed E-state index contributed by atoms with van der Waals surface area (Å²) in [5.41, 5.74) is 10.1. The Morgan fingerprint density at radius 1 is 0.867 bits per heavy atom. The molecule has 0 amide bonds. The SMILES string of the molecule is CC(C)(C)c1ccc2c(c1)Cc1[c-]c(C(C)(C)C)c(C3C=CC=C3)cc1-2.C[SiH]C.[Zr]. The van der Waals surface area contributed by atoms with Crippen molar-refractivity contribution in [2.45, 2.75) is 77.8 Å². The fourth-order valence-electron chi connectivity index (χ4n) is 4.17. The van der Waals surface area contributed by atoms with Gasteiger partial charge in [0.2, 0.25) is 0 Å². The molecular formula is C28H36SiZr-. The summed E-state index contributed by atoms with van der Waals surface area (Å²) in [5, 5.41) is 0. The molecule has 0 heterocycles. The maximum absolute atomic E-state index is 3.85. The monoisotopic (exact) mass is 490 g/mol. The molecule has 30 heavy (non-hydrogen) atoms. The summed E-state index contributed by atoms with van der Waals surface area (Å²) in [6.07, 6.45) is 9.92. The molecule has 0 N–H and O–H groups in total. The van der Waals surface area contributed by atoms with E-state index in [4.69, 9.17) is 0 Å². The molecule has 0 bridgehead atoms. The zero-order valence-corrected chi connectivity index (χ0v) is 23.6. The molecule has 2 aromatic carbocycles. The summed E-state index contributed by atoms with van der Waals surface area (Å²) in [4.78, 5) is 0. The minimum atomic E-state index is 0. The van der Waals surface area contributed by atoms with Crippen molar-refractivity contribution in [1.82, 2.24) is 0 Å². The van der Waals surface area contributed by atoms with Gasteiger partial charge in [-0.15, -0.1) is 16.7 Å². The van der Waals surface area contributed by atoms with Crippen LogP contribution in [0.3, 0.4) is 0 Å². The third-order valence-electron chi connectivity index (χ3n) is 5.68. The number of benzene rings is 2. The second-order valence-electron chi connectivity index (χ2n) is 10.4. The number of allylic oxidation sites excluding steroid dienone is 4. The molecule has 0 saturated heterocycles. The Balaban J connectivity index is 0.000000757. The zero-order valence-electron chi connectivity index (χ0n) is 20.0. The van der Waals surface area contributed by atoms with Gasteiger partial charge < -0.3 is 0 Å². The Morgan fingerprint density at radius 3 is 2.00 bits per heavy atom. The average Bonchev–Trinajstić information content (AvgIpc) is 3.26. The molecule has 2 heteroatoms. The molecule has 0 spiro atoms. The van der Waals surface area contributed by atoms with Crippen LogP contribution in [0.4, 0.5) is 0 Å². The van der Waals surface area contributed by atoms with Crippen molar-refractivity contribution >= 4 is 9.52 Å². The van der Waals surface area contributed by atoms with E-state index < -0.39 is 0 Å². The van der Waals surface area contributed by atoms with Crippen LogP contribution < -0.4 is 0 Å². The Kier molecular flexibility index (Phi) is 8.14. The zero-order chi connectivity index (χ0) is 21.4. The third-order valence-corrected chi connectivity index (χ3v) is 5.68. The molecule has 0 unspecified atom stereocenters. The molecule has 0 fully saturated rings. The summed E-state index contributed by atoms with van der Waals surface area (Å²) in [6, 6.07) is 13.3. The van der Waals surface area contributed by atoms with Crippen LogP contribution in [0.25, 0.3) is 11.1 Å². The summed E-state index contributed by atoms with van der Waals surface area (Å²) in [6.45, 7) is 18.2. The first-order valence-corrected chi connectivity index (χ1v) is 13.2. The van der Waals surface area contributed by atoms with E-state index in [2.05, 4.69) is 109 Å².